The van der Waals surface area contributed by atoms with Crippen LogP contribution in [-0.2, 0) is 28.9 Å². The van der Waals surface area contributed by atoms with Crippen LogP contribution in [0.1, 0.15) is 50.5 Å². The molecule has 0 aliphatic heterocycles. The minimum atomic E-state index is -0.239. The Balaban J connectivity index is 1.92. The number of carbonyl (C=O) groups excluding carboxylic acids is 1. The Hall–Kier alpha value is -1.38. The Bertz CT molecular complexity index is 918. The number of nitrogens with one attached hydrogen (secondary N) is 1. The monoisotopic (exact) mass is 423 g/mol. The first-order valence-corrected chi connectivity index (χ1v) is 11.6. The molecule has 0 aromatic carbocycles. The number of carbonyl (C=O) groups is 1. The number of hydrogen-bond acceptors (Lipinski definition) is 6. The molecule has 0 spiro atoms. The van der Waals surface area contributed by atoms with Crippen molar-refractivity contribution in [2.24, 2.45) is 0 Å². The van der Waals surface area contributed by atoms with Gasteiger partial charge in [0.05, 0.1) is 24.3 Å². The van der Waals surface area contributed by atoms with Crippen LogP contribution >= 0.6 is 23.1 Å². The van der Waals surface area contributed by atoms with Gasteiger partial charge in [0.2, 0.25) is 5.91 Å². The smallest absolute Gasteiger partial charge is 0.263 e. The summed E-state index contributed by atoms with van der Waals surface area (Å²) in [6.07, 6.45) is 5.14. The summed E-state index contributed by atoms with van der Waals surface area (Å²) in [5.74, 6) is 0.189. The fourth-order valence-electron chi connectivity index (χ4n) is 3.34. The average molecular weight is 424 g/mol. The molecule has 0 bridgehead atoms. The number of hydrogen-bond donors (Lipinski definition) is 1. The van der Waals surface area contributed by atoms with Gasteiger partial charge in [-0.1, -0.05) is 18.7 Å². The van der Waals surface area contributed by atoms with E-state index in [0.29, 0.717) is 18.3 Å². The van der Waals surface area contributed by atoms with Crippen molar-refractivity contribution in [3.8, 4) is 0 Å². The van der Waals surface area contributed by atoms with Crippen molar-refractivity contribution in [3.05, 3.63) is 20.8 Å². The third-order valence-electron chi connectivity index (χ3n) is 5.25. The molecule has 3 rings (SSSR count). The predicted octanol–water partition coefficient (Wildman–Crippen LogP) is 3.38. The van der Waals surface area contributed by atoms with E-state index in [1.54, 1.807) is 23.0 Å². The summed E-state index contributed by atoms with van der Waals surface area (Å²) in [4.78, 5) is 32.5. The van der Waals surface area contributed by atoms with Crippen LogP contribution in [0.25, 0.3) is 10.2 Å². The Labute approximate surface area is 174 Å². The Morgan fingerprint density at radius 2 is 2.11 bits per heavy atom. The zero-order valence-electron chi connectivity index (χ0n) is 17.1. The van der Waals surface area contributed by atoms with E-state index in [-0.39, 0.29) is 22.8 Å². The Kier molecular flexibility index (Phi) is 6.83. The number of methoxy groups -OCH3 is 1. The van der Waals surface area contributed by atoms with Crippen molar-refractivity contribution in [2.45, 2.75) is 70.1 Å². The van der Waals surface area contributed by atoms with Crippen LogP contribution in [0.3, 0.4) is 0 Å². The third-order valence-corrected chi connectivity index (χ3v) is 7.41. The summed E-state index contributed by atoms with van der Waals surface area (Å²) in [5.41, 5.74) is 0.949. The summed E-state index contributed by atoms with van der Waals surface area (Å²) in [5, 5.41) is 4.40. The van der Waals surface area contributed by atoms with Gasteiger partial charge in [-0.15, -0.1) is 11.3 Å². The van der Waals surface area contributed by atoms with Crippen molar-refractivity contribution in [2.75, 3.05) is 19.5 Å². The number of nitrogens with zero attached hydrogens (tertiary/aromatic N) is 2. The predicted molar refractivity (Wildman–Crippen MR) is 116 cm³/mol. The zero-order chi connectivity index (χ0) is 20.3. The number of amides is 1. The van der Waals surface area contributed by atoms with E-state index in [9.17, 15) is 9.59 Å². The molecule has 0 saturated heterocycles. The summed E-state index contributed by atoms with van der Waals surface area (Å²) >= 11 is 2.96. The number of rotatable bonds is 8. The second kappa shape index (κ2) is 8.97. The molecular weight excluding hydrogens is 394 g/mol. The first-order valence-electron chi connectivity index (χ1n) is 9.84. The first kappa shape index (κ1) is 21.3. The zero-order valence-corrected chi connectivity index (χ0v) is 18.7. The van der Waals surface area contributed by atoms with Gasteiger partial charge in [0, 0.05) is 17.5 Å². The highest BCUT2D eigenvalue weighted by Crippen LogP contribution is 2.34. The van der Waals surface area contributed by atoms with Crippen LogP contribution < -0.4 is 10.9 Å². The van der Waals surface area contributed by atoms with Gasteiger partial charge in [-0.25, -0.2) is 4.98 Å². The Morgan fingerprint density at radius 3 is 2.82 bits per heavy atom. The molecule has 1 N–H and O–H groups in total. The number of thiophene rings is 1. The van der Waals surface area contributed by atoms with E-state index >= 15 is 0 Å². The lowest BCUT2D eigenvalue weighted by Gasteiger charge is -2.24. The largest absolute Gasteiger partial charge is 0.383 e. The molecular formula is C20H29N3O3S2. The van der Waals surface area contributed by atoms with Crippen LogP contribution in [0.15, 0.2) is 9.95 Å². The van der Waals surface area contributed by atoms with E-state index in [4.69, 9.17) is 9.72 Å². The topological polar surface area (TPSA) is 73.2 Å². The van der Waals surface area contributed by atoms with E-state index in [0.717, 1.165) is 35.9 Å². The third kappa shape index (κ3) is 4.60. The van der Waals surface area contributed by atoms with E-state index in [1.165, 1.54) is 28.6 Å². The minimum absolute atomic E-state index is 0.00162. The summed E-state index contributed by atoms with van der Waals surface area (Å²) in [6, 6.07) is 0. The molecule has 28 heavy (non-hydrogen) atoms. The maximum Gasteiger partial charge on any atom is 0.263 e. The molecule has 1 aliphatic carbocycles. The highest BCUT2D eigenvalue weighted by molar-refractivity contribution is 7.99. The molecule has 2 aromatic heterocycles. The Morgan fingerprint density at radius 1 is 1.36 bits per heavy atom. The molecule has 0 unspecified atom stereocenters. The molecule has 8 heteroatoms. The summed E-state index contributed by atoms with van der Waals surface area (Å²) in [7, 11) is 1.62. The quantitative estimate of drug-likeness (QED) is 0.520. The number of ether oxygens (including phenoxy) is 1. The van der Waals surface area contributed by atoms with Crippen molar-refractivity contribution < 1.29 is 9.53 Å². The van der Waals surface area contributed by atoms with Gasteiger partial charge in [0.15, 0.2) is 5.16 Å². The van der Waals surface area contributed by atoms with E-state index < -0.39 is 0 Å². The van der Waals surface area contributed by atoms with Gasteiger partial charge in [-0.05, 0) is 51.5 Å². The van der Waals surface area contributed by atoms with Gasteiger partial charge in [0.1, 0.15) is 4.83 Å². The van der Waals surface area contributed by atoms with Gasteiger partial charge in [-0.2, -0.15) is 0 Å². The molecule has 2 heterocycles. The van der Waals surface area contributed by atoms with Crippen LogP contribution in [0.2, 0.25) is 0 Å². The van der Waals surface area contributed by atoms with Crippen LogP contribution in [0.4, 0.5) is 0 Å². The van der Waals surface area contributed by atoms with E-state index in [2.05, 4.69) is 5.32 Å². The number of aromatic nitrogens is 2. The van der Waals surface area contributed by atoms with E-state index in [1.807, 2.05) is 20.8 Å². The summed E-state index contributed by atoms with van der Waals surface area (Å²) < 4.78 is 6.87. The average Bonchev–Trinajstić information content (AvgIpc) is 3.04. The second-order valence-electron chi connectivity index (χ2n) is 7.81. The van der Waals surface area contributed by atoms with Crippen molar-refractivity contribution >= 4 is 39.2 Å². The SMILES string of the molecule is CCC(C)(C)NC(=O)CSc1nc2sc3c(c2c(=O)n1CCOC)CCCC3. The number of fused-ring (bicyclic) bond motifs is 3. The maximum absolute atomic E-state index is 13.3. The first-order chi connectivity index (χ1) is 13.4. The molecule has 6 nitrogen and oxygen atoms in total. The lowest BCUT2D eigenvalue weighted by Crippen LogP contribution is -2.43. The highest BCUT2D eigenvalue weighted by Gasteiger charge is 2.23. The number of thioether (sulfide) groups is 1. The molecule has 154 valence electrons. The van der Waals surface area contributed by atoms with Gasteiger partial charge < -0.3 is 10.1 Å². The van der Waals surface area contributed by atoms with Crippen molar-refractivity contribution in [1.29, 1.82) is 0 Å². The second-order valence-corrected chi connectivity index (χ2v) is 9.84. The lowest BCUT2D eigenvalue weighted by atomic mass is 9.97. The lowest BCUT2D eigenvalue weighted by molar-refractivity contribution is -0.120. The molecule has 1 aliphatic rings. The van der Waals surface area contributed by atoms with Gasteiger partial charge in [0.25, 0.3) is 5.56 Å². The molecule has 1 amide bonds. The van der Waals surface area contributed by atoms with Crippen molar-refractivity contribution in [3.63, 3.8) is 0 Å². The molecule has 0 fully saturated rings. The van der Waals surface area contributed by atoms with Crippen molar-refractivity contribution in [1.82, 2.24) is 14.9 Å². The van der Waals surface area contributed by atoms with Crippen LogP contribution in [-0.4, -0.2) is 40.5 Å². The molecule has 0 saturated carbocycles. The van der Waals surface area contributed by atoms with Crippen LogP contribution in [0, 0.1) is 0 Å². The fraction of sp³-hybridized carbons (Fsp3) is 0.650. The molecule has 0 radical (unpaired) electrons. The molecule has 0 atom stereocenters. The molecule has 2 aromatic rings. The van der Waals surface area contributed by atoms with Crippen LogP contribution in [0.5, 0.6) is 0 Å². The minimum Gasteiger partial charge on any atom is -0.383 e. The standard InChI is InChI=1S/C20H29N3O3S2/c1-5-20(2,3)22-15(24)12-27-19-21-17-16(18(25)23(19)10-11-26-4)13-8-6-7-9-14(13)28-17/h5-12H2,1-4H3,(H,22,24). The van der Waals surface area contributed by atoms with Gasteiger partial charge in [-0.3, -0.25) is 14.2 Å². The fourth-order valence-corrected chi connectivity index (χ4v) is 5.47. The maximum atomic E-state index is 13.3. The highest BCUT2D eigenvalue weighted by atomic mass is 32.2. The normalized spacial score (nSPS) is 14.3. The number of aryl methyl sites for hydroxylation is 2. The summed E-state index contributed by atoms with van der Waals surface area (Å²) in [6.45, 7) is 6.92. The van der Waals surface area contributed by atoms with Gasteiger partial charge >= 0.3 is 0 Å².